The van der Waals surface area contributed by atoms with Crippen LogP contribution in [0.5, 0.6) is 0 Å². The highest BCUT2D eigenvalue weighted by atomic mass is 16.4. The standard InChI is InChI=1S/C14H26N2O3/c1-5-11-6-7-12(10(11)4)15-14(19)16(9(2)3)8-13(17)18/h9-12H,5-8H2,1-4H3,(H,15,19)(H,17,18). The number of carboxylic acid groups (broad SMARTS) is 1. The van der Waals surface area contributed by atoms with Gasteiger partial charge in [-0.1, -0.05) is 20.3 Å². The smallest absolute Gasteiger partial charge is 0.323 e. The molecule has 2 amide bonds. The largest absolute Gasteiger partial charge is 0.480 e. The van der Waals surface area contributed by atoms with Crippen molar-refractivity contribution in [2.24, 2.45) is 11.8 Å². The van der Waals surface area contributed by atoms with Crippen LogP contribution < -0.4 is 5.32 Å². The van der Waals surface area contributed by atoms with Crippen LogP contribution in [0.25, 0.3) is 0 Å². The molecule has 0 aliphatic heterocycles. The molecule has 0 spiro atoms. The van der Waals surface area contributed by atoms with Crippen LogP contribution in [0.2, 0.25) is 0 Å². The molecule has 1 fully saturated rings. The van der Waals surface area contributed by atoms with Crippen LogP contribution in [0.3, 0.4) is 0 Å². The Labute approximate surface area is 115 Å². The van der Waals surface area contributed by atoms with Gasteiger partial charge in [0.1, 0.15) is 6.54 Å². The zero-order valence-electron chi connectivity index (χ0n) is 12.3. The highest BCUT2D eigenvalue weighted by Crippen LogP contribution is 2.33. The van der Waals surface area contributed by atoms with E-state index in [9.17, 15) is 9.59 Å². The molecule has 0 bridgehead atoms. The third kappa shape index (κ3) is 4.11. The van der Waals surface area contributed by atoms with E-state index in [1.807, 2.05) is 13.8 Å². The molecule has 0 aromatic heterocycles. The van der Waals surface area contributed by atoms with Crippen molar-refractivity contribution in [3.63, 3.8) is 0 Å². The first kappa shape index (κ1) is 15.8. The lowest BCUT2D eigenvalue weighted by atomic mass is 9.93. The molecule has 3 atom stereocenters. The molecular formula is C14H26N2O3. The molecule has 0 saturated heterocycles. The summed E-state index contributed by atoms with van der Waals surface area (Å²) < 4.78 is 0. The Balaban J connectivity index is 2.60. The molecule has 1 rings (SSSR count). The normalized spacial score (nSPS) is 26.5. The van der Waals surface area contributed by atoms with Gasteiger partial charge < -0.3 is 15.3 Å². The van der Waals surface area contributed by atoms with E-state index in [1.54, 1.807) is 0 Å². The van der Waals surface area contributed by atoms with Crippen LogP contribution in [-0.2, 0) is 4.79 Å². The van der Waals surface area contributed by atoms with Crippen LogP contribution in [0.15, 0.2) is 0 Å². The van der Waals surface area contributed by atoms with E-state index in [0.29, 0.717) is 11.8 Å². The Bertz CT molecular complexity index is 331. The number of amides is 2. The molecule has 110 valence electrons. The summed E-state index contributed by atoms with van der Waals surface area (Å²) in [6.07, 6.45) is 3.27. The Hall–Kier alpha value is -1.26. The number of hydrogen-bond donors (Lipinski definition) is 2. The summed E-state index contributed by atoms with van der Waals surface area (Å²) in [5.74, 6) is 0.153. The number of nitrogens with one attached hydrogen (secondary N) is 1. The van der Waals surface area contributed by atoms with Gasteiger partial charge in [-0.15, -0.1) is 0 Å². The number of nitrogens with zero attached hydrogens (tertiary/aromatic N) is 1. The molecule has 5 nitrogen and oxygen atoms in total. The molecule has 1 aliphatic rings. The van der Waals surface area contributed by atoms with Crippen molar-refractivity contribution < 1.29 is 14.7 Å². The maximum absolute atomic E-state index is 12.2. The lowest BCUT2D eigenvalue weighted by Crippen LogP contribution is -2.50. The SMILES string of the molecule is CCC1CCC(NC(=O)N(CC(=O)O)C(C)C)C1C. The van der Waals surface area contributed by atoms with Crippen molar-refractivity contribution in [1.82, 2.24) is 10.2 Å². The van der Waals surface area contributed by atoms with Crippen molar-refractivity contribution in [3.05, 3.63) is 0 Å². The van der Waals surface area contributed by atoms with Gasteiger partial charge in [-0.3, -0.25) is 4.79 Å². The van der Waals surface area contributed by atoms with Crippen LogP contribution >= 0.6 is 0 Å². The number of aliphatic carboxylic acids is 1. The first-order valence-electron chi connectivity index (χ1n) is 7.15. The summed E-state index contributed by atoms with van der Waals surface area (Å²) in [7, 11) is 0. The maximum atomic E-state index is 12.2. The van der Waals surface area contributed by atoms with Gasteiger partial charge in [-0.25, -0.2) is 4.79 Å². The number of carbonyl (C=O) groups is 2. The second-order valence-corrected chi connectivity index (χ2v) is 5.78. The summed E-state index contributed by atoms with van der Waals surface area (Å²) in [6.45, 7) is 7.76. The summed E-state index contributed by atoms with van der Waals surface area (Å²) in [4.78, 5) is 24.3. The second kappa shape index (κ2) is 6.78. The van der Waals surface area contributed by atoms with E-state index >= 15 is 0 Å². The fourth-order valence-electron chi connectivity index (χ4n) is 2.90. The van der Waals surface area contributed by atoms with E-state index in [0.717, 1.165) is 19.3 Å². The predicted molar refractivity (Wildman–Crippen MR) is 74.0 cm³/mol. The topological polar surface area (TPSA) is 69.6 Å². The van der Waals surface area contributed by atoms with Gasteiger partial charge in [0.15, 0.2) is 0 Å². The third-order valence-corrected chi connectivity index (χ3v) is 4.25. The minimum absolute atomic E-state index is 0.116. The lowest BCUT2D eigenvalue weighted by Gasteiger charge is -2.29. The Kier molecular flexibility index (Phi) is 5.63. The molecule has 0 heterocycles. The Morgan fingerprint density at radius 1 is 1.37 bits per heavy atom. The van der Waals surface area contributed by atoms with Gasteiger partial charge in [0.05, 0.1) is 0 Å². The monoisotopic (exact) mass is 270 g/mol. The summed E-state index contributed by atoms with van der Waals surface area (Å²) in [5.41, 5.74) is 0. The average Bonchev–Trinajstić information content (AvgIpc) is 2.66. The average molecular weight is 270 g/mol. The zero-order valence-corrected chi connectivity index (χ0v) is 12.3. The zero-order chi connectivity index (χ0) is 14.6. The van der Waals surface area contributed by atoms with Crippen molar-refractivity contribution in [2.75, 3.05) is 6.54 Å². The molecule has 0 aromatic carbocycles. The fourth-order valence-corrected chi connectivity index (χ4v) is 2.90. The van der Waals surface area contributed by atoms with Crippen LogP contribution in [-0.4, -0.2) is 40.6 Å². The highest BCUT2D eigenvalue weighted by molar-refractivity contribution is 5.80. The second-order valence-electron chi connectivity index (χ2n) is 5.78. The molecular weight excluding hydrogens is 244 g/mol. The van der Waals surface area contributed by atoms with E-state index in [4.69, 9.17) is 5.11 Å². The number of urea groups is 1. The van der Waals surface area contributed by atoms with E-state index in [1.165, 1.54) is 4.90 Å². The van der Waals surface area contributed by atoms with Crippen molar-refractivity contribution >= 4 is 12.0 Å². The van der Waals surface area contributed by atoms with Crippen molar-refractivity contribution in [2.45, 2.75) is 59.0 Å². The number of carboxylic acids is 1. The summed E-state index contributed by atoms with van der Waals surface area (Å²) in [6, 6.07) is -0.201. The number of hydrogen-bond acceptors (Lipinski definition) is 2. The van der Waals surface area contributed by atoms with Gasteiger partial charge in [-0.2, -0.15) is 0 Å². The molecule has 2 N–H and O–H groups in total. The maximum Gasteiger partial charge on any atom is 0.323 e. The van der Waals surface area contributed by atoms with Gasteiger partial charge in [0.25, 0.3) is 0 Å². The number of carbonyl (C=O) groups excluding carboxylic acids is 1. The predicted octanol–water partition coefficient (Wildman–Crippen LogP) is 2.32. The molecule has 3 unspecified atom stereocenters. The third-order valence-electron chi connectivity index (χ3n) is 4.25. The van der Waals surface area contributed by atoms with E-state index in [2.05, 4.69) is 19.2 Å². The first-order valence-corrected chi connectivity index (χ1v) is 7.15. The van der Waals surface area contributed by atoms with Crippen LogP contribution in [0, 0.1) is 11.8 Å². The van der Waals surface area contributed by atoms with Gasteiger partial charge in [0, 0.05) is 12.1 Å². The van der Waals surface area contributed by atoms with Gasteiger partial charge in [0.2, 0.25) is 0 Å². The van der Waals surface area contributed by atoms with Gasteiger partial charge in [-0.05, 0) is 38.5 Å². The lowest BCUT2D eigenvalue weighted by molar-refractivity contribution is -0.138. The first-order chi connectivity index (χ1) is 8.86. The van der Waals surface area contributed by atoms with E-state index < -0.39 is 5.97 Å². The van der Waals surface area contributed by atoms with E-state index in [-0.39, 0.29) is 24.7 Å². The molecule has 0 aromatic rings. The van der Waals surface area contributed by atoms with Crippen molar-refractivity contribution in [1.29, 1.82) is 0 Å². The molecule has 1 aliphatic carbocycles. The minimum Gasteiger partial charge on any atom is -0.480 e. The summed E-state index contributed by atoms with van der Waals surface area (Å²) >= 11 is 0. The summed E-state index contributed by atoms with van der Waals surface area (Å²) in [5, 5.41) is 11.9. The van der Waals surface area contributed by atoms with Crippen LogP contribution in [0.4, 0.5) is 4.79 Å². The Morgan fingerprint density at radius 3 is 2.42 bits per heavy atom. The van der Waals surface area contributed by atoms with Crippen LogP contribution in [0.1, 0.15) is 47.0 Å². The molecule has 1 saturated carbocycles. The van der Waals surface area contributed by atoms with Gasteiger partial charge >= 0.3 is 12.0 Å². The Morgan fingerprint density at radius 2 is 2.00 bits per heavy atom. The molecule has 19 heavy (non-hydrogen) atoms. The molecule has 5 heteroatoms. The quantitative estimate of drug-likeness (QED) is 0.805. The highest BCUT2D eigenvalue weighted by Gasteiger charge is 2.33. The van der Waals surface area contributed by atoms with Crippen molar-refractivity contribution in [3.8, 4) is 0 Å². The fraction of sp³-hybridized carbons (Fsp3) is 0.857. The number of rotatable bonds is 5. The minimum atomic E-state index is -0.977. The molecule has 0 radical (unpaired) electrons.